The molecule has 4 heterocycles. The van der Waals surface area contributed by atoms with Gasteiger partial charge in [0, 0.05) is 49.1 Å². The maximum atomic E-state index is 6.10. The Kier molecular flexibility index (Phi) is 4.39. The Bertz CT molecular complexity index is 1070. The SMILES string of the molecule is c1ccc2c(c1)CC1(CO2)CN(Cc2cc3ccccc3nc2N2CCOCC2)C1. The first kappa shape index (κ1) is 18.2. The van der Waals surface area contributed by atoms with E-state index in [-0.39, 0.29) is 5.41 Å². The smallest absolute Gasteiger partial charge is 0.133 e. The van der Waals surface area contributed by atoms with Crippen molar-refractivity contribution >= 4 is 16.7 Å². The summed E-state index contributed by atoms with van der Waals surface area (Å²) < 4.78 is 11.7. The Morgan fingerprint density at radius 2 is 1.77 bits per heavy atom. The van der Waals surface area contributed by atoms with Crippen LogP contribution in [0.2, 0.25) is 0 Å². The molecule has 0 bridgehead atoms. The molecule has 0 unspecified atom stereocenters. The molecule has 0 atom stereocenters. The minimum atomic E-state index is 0.262. The predicted octanol–water partition coefficient (Wildman–Crippen LogP) is 3.51. The van der Waals surface area contributed by atoms with E-state index in [9.17, 15) is 0 Å². The number of anilines is 1. The Labute approximate surface area is 177 Å². The van der Waals surface area contributed by atoms with Gasteiger partial charge in [0.1, 0.15) is 11.6 Å². The molecule has 154 valence electrons. The molecule has 2 saturated heterocycles. The molecule has 3 aliphatic rings. The number of benzene rings is 2. The van der Waals surface area contributed by atoms with Gasteiger partial charge in [-0.05, 0) is 30.2 Å². The molecule has 0 aliphatic carbocycles. The highest BCUT2D eigenvalue weighted by Crippen LogP contribution is 2.42. The largest absolute Gasteiger partial charge is 0.493 e. The molecule has 1 spiro atoms. The van der Waals surface area contributed by atoms with Gasteiger partial charge in [0.25, 0.3) is 0 Å². The van der Waals surface area contributed by atoms with Crippen molar-refractivity contribution in [1.29, 1.82) is 0 Å². The molecule has 5 heteroatoms. The third-order valence-electron chi connectivity index (χ3n) is 6.67. The van der Waals surface area contributed by atoms with Gasteiger partial charge in [-0.25, -0.2) is 4.98 Å². The molecule has 5 nitrogen and oxygen atoms in total. The van der Waals surface area contributed by atoms with Crippen LogP contribution in [-0.2, 0) is 17.7 Å². The average molecular weight is 402 g/mol. The molecule has 3 aliphatic heterocycles. The highest BCUT2D eigenvalue weighted by molar-refractivity contribution is 5.81. The summed E-state index contributed by atoms with van der Waals surface area (Å²) in [7, 11) is 0. The number of rotatable bonds is 3. The molecule has 2 fully saturated rings. The topological polar surface area (TPSA) is 37.8 Å². The monoisotopic (exact) mass is 401 g/mol. The number of para-hydroxylation sites is 2. The second-order valence-electron chi connectivity index (χ2n) is 8.98. The summed E-state index contributed by atoms with van der Waals surface area (Å²) in [5.74, 6) is 2.19. The Morgan fingerprint density at radius 1 is 0.967 bits per heavy atom. The number of fused-ring (bicyclic) bond motifs is 2. The van der Waals surface area contributed by atoms with Crippen molar-refractivity contribution < 1.29 is 9.47 Å². The standard InChI is InChI=1S/C25H27N3O2/c1-3-7-22-19(5-1)13-21(24(26-22)28-9-11-29-12-10-28)15-27-16-25(17-27)14-20-6-2-4-8-23(20)30-18-25/h1-8,13H,9-12,14-18H2. The molecule has 0 radical (unpaired) electrons. The first-order chi connectivity index (χ1) is 14.8. The van der Waals surface area contributed by atoms with E-state index in [1.54, 1.807) is 0 Å². The van der Waals surface area contributed by atoms with Gasteiger partial charge in [-0.3, -0.25) is 4.90 Å². The molecular weight excluding hydrogens is 374 g/mol. The molecule has 30 heavy (non-hydrogen) atoms. The average Bonchev–Trinajstić information content (AvgIpc) is 2.78. The van der Waals surface area contributed by atoms with Crippen LogP contribution < -0.4 is 9.64 Å². The van der Waals surface area contributed by atoms with Crippen LogP contribution in [0.3, 0.4) is 0 Å². The van der Waals surface area contributed by atoms with Crippen LogP contribution in [0.25, 0.3) is 10.9 Å². The van der Waals surface area contributed by atoms with Crippen molar-refractivity contribution in [3.05, 3.63) is 65.7 Å². The van der Waals surface area contributed by atoms with E-state index in [0.717, 1.165) is 76.0 Å². The Morgan fingerprint density at radius 3 is 2.67 bits per heavy atom. The summed E-state index contributed by atoms with van der Waals surface area (Å²) in [5.41, 5.74) is 4.00. The molecule has 6 rings (SSSR count). The van der Waals surface area contributed by atoms with E-state index in [1.807, 2.05) is 0 Å². The second kappa shape index (κ2) is 7.25. The molecule has 0 saturated carbocycles. The number of ether oxygens (including phenoxy) is 2. The van der Waals surface area contributed by atoms with E-state index < -0.39 is 0 Å². The number of aromatic nitrogens is 1. The third kappa shape index (κ3) is 3.22. The lowest BCUT2D eigenvalue weighted by molar-refractivity contribution is -0.0478. The Balaban J connectivity index is 1.23. The molecular formula is C25H27N3O2. The Hall–Kier alpha value is -2.63. The van der Waals surface area contributed by atoms with Crippen LogP contribution in [0.15, 0.2) is 54.6 Å². The number of morpholine rings is 1. The van der Waals surface area contributed by atoms with Gasteiger partial charge >= 0.3 is 0 Å². The quantitative estimate of drug-likeness (QED) is 0.672. The molecule has 0 amide bonds. The van der Waals surface area contributed by atoms with E-state index in [0.29, 0.717) is 0 Å². The minimum absolute atomic E-state index is 0.262. The first-order valence-electron chi connectivity index (χ1n) is 10.9. The van der Waals surface area contributed by atoms with Crippen LogP contribution in [0.5, 0.6) is 5.75 Å². The van der Waals surface area contributed by atoms with Crippen molar-refractivity contribution in [2.24, 2.45) is 5.41 Å². The van der Waals surface area contributed by atoms with E-state index in [4.69, 9.17) is 14.5 Å². The van der Waals surface area contributed by atoms with Crippen molar-refractivity contribution in [2.75, 3.05) is 50.9 Å². The highest BCUT2D eigenvalue weighted by atomic mass is 16.5. The molecule has 1 aromatic heterocycles. The number of hydrogen-bond donors (Lipinski definition) is 0. The van der Waals surface area contributed by atoms with Gasteiger partial charge in [0.05, 0.1) is 25.3 Å². The lowest BCUT2D eigenvalue weighted by atomic mass is 9.74. The van der Waals surface area contributed by atoms with Gasteiger partial charge in [-0.1, -0.05) is 36.4 Å². The summed E-state index contributed by atoms with van der Waals surface area (Å²) >= 11 is 0. The second-order valence-corrected chi connectivity index (χ2v) is 8.98. The van der Waals surface area contributed by atoms with Gasteiger partial charge in [-0.2, -0.15) is 0 Å². The zero-order valence-corrected chi connectivity index (χ0v) is 17.2. The molecule has 3 aromatic rings. The lowest BCUT2D eigenvalue weighted by Crippen LogP contribution is -2.60. The fraction of sp³-hybridized carbons (Fsp3) is 0.400. The summed E-state index contributed by atoms with van der Waals surface area (Å²) in [5, 5.41) is 1.22. The van der Waals surface area contributed by atoms with Crippen molar-refractivity contribution in [3.8, 4) is 5.75 Å². The number of hydrogen-bond acceptors (Lipinski definition) is 5. The summed E-state index contributed by atoms with van der Waals surface area (Å²) in [6.07, 6.45) is 1.12. The van der Waals surface area contributed by atoms with Gasteiger partial charge < -0.3 is 14.4 Å². The van der Waals surface area contributed by atoms with Crippen LogP contribution in [0.4, 0.5) is 5.82 Å². The third-order valence-corrected chi connectivity index (χ3v) is 6.67. The number of pyridine rings is 1. The van der Waals surface area contributed by atoms with Gasteiger partial charge in [0.15, 0.2) is 0 Å². The fourth-order valence-electron chi connectivity index (χ4n) is 5.25. The molecule has 0 N–H and O–H groups in total. The highest BCUT2D eigenvalue weighted by Gasteiger charge is 2.46. The van der Waals surface area contributed by atoms with Crippen LogP contribution in [-0.4, -0.2) is 55.9 Å². The molecule has 2 aromatic carbocycles. The van der Waals surface area contributed by atoms with Crippen LogP contribution in [0, 0.1) is 5.41 Å². The van der Waals surface area contributed by atoms with E-state index in [2.05, 4.69) is 64.4 Å². The van der Waals surface area contributed by atoms with Crippen molar-refractivity contribution in [3.63, 3.8) is 0 Å². The maximum absolute atomic E-state index is 6.10. The summed E-state index contributed by atoms with van der Waals surface area (Å²) in [4.78, 5) is 10.0. The van der Waals surface area contributed by atoms with Gasteiger partial charge in [-0.15, -0.1) is 0 Å². The lowest BCUT2D eigenvalue weighted by Gasteiger charge is -2.52. The zero-order valence-electron chi connectivity index (χ0n) is 17.2. The first-order valence-corrected chi connectivity index (χ1v) is 10.9. The predicted molar refractivity (Wildman–Crippen MR) is 118 cm³/mol. The van der Waals surface area contributed by atoms with Crippen LogP contribution in [0.1, 0.15) is 11.1 Å². The number of nitrogens with zero attached hydrogens (tertiary/aromatic N) is 3. The minimum Gasteiger partial charge on any atom is -0.493 e. The summed E-state index contributed by atoms with van der Waals surface area (Å²) in [6.45, 7) is 7.29. The van der Waals surface area contributed by atoms with Gasteiger partial charge in [0.2, 0.25) is 0 Å². The van der Waals surface area contributed by atoms with Crippen molar-refractivity contribution in [1.82, 2.24) is 9.88 Å². The summed E-state index contributed by atoms with van der Waals surface area (Å²) in [6, 6.07) is 19.3. The van der Waals surface area contributed by atoms with Crippen LogP contribution >= 0.6 is 0 Å². The normalized spacial score (nSPS) is 20.6. The fourth-order valence-corrected chi connectivity index (χ4v) is 5.25. The van der Waals surface area contributed by atoms with E-state index >= 15 is 0 Å². The van der Waals surface area contributed by atoms with E-state index in [1.165, 1.54) is 16.5 Å². The van der Waals surface area contributed by atoms with Crippen molar-refractivity contribution in [2.45, 2.75) is 13.0 Å². The number of likely N-dealkylation sites (tertiary alicyclic amines) is 1. The zero-order chi connectivity index (χ0) is 20.0. The maximum Gasteiger partial charge on any atom is 0.133 e.